The van der Waals surface area contributed by atoms with E-state index in [1.54, 1.807) is 0 Å². The molecule has 27 heavy (non-hydrogen) atoms. The quantitative estimate of drug-likeness (QED) is 0.733. The predicted octanol–water partition coefficient (Wildman–Crippen LogP) is 4.19. The second-order valence-electron chi connectivity index (χ2n) is 6.51. The number of hydrogen-bond acceptors (Lipinski definition) is 4. The second kappa shape index (κ2) is 7.76. The van der Waals surface area contributed by atoms with Crippen LogP contribution in [0.3, 0.4) is 0 Å². The monoisotopic (exact) mass is 391 g/mol. The molecule has 2 aliphatic heterocycles. The van der Waals surface area contributed by atoms with Gasteiger partial charge in [0, 0.05) is 17.5 Å². The van der Waals surface area contributed by atoms with Gasteiger partial charge in [0.05, 0.1) is 11.8 Å². The molecule has 0 N–H and O–H groups in total. The van der Waals surface area contributed by atoms with Crippen LogP contribution in [0.2, 0.25) is 0 Å². The Morgan fingerprint density at radius 1 is 1.11 bits per heavy atom. The van der Waals surface area contributed by atoms with E-state index in [1.165, 1.54) is 12.1 Å². The van der Waals surface area contributed by atoms with Crippen molar-refractivity contribution in [1.82, 2.24) is 4.90 Å². The van der Waals surface area contributed by atoms with Gasteiger partial charge in [-0.1, -0.05) is 6.07 Å². The number of amides is 1. The Labute approximate surface area is 160 Å². The van der Waals surface area contributed by atoms with Crippen LogP contribution in [0, 0.1) is 11.6 Å². The molecular formula is C20H19F2NO3S. The first kappa shape index (κ1) is 18.1. The SMILES string of the molecule is O=C(CSc1ccc(F)cc1F)N1CCCC1c1ccc2c(c1)OCCO2. The van der Waals surface area contributed by atoms with Crippen molar-refractivity contribution in [2.75, 3.05) is 25.5 Å². The lowest BCUT2D eigenvalue weighted by Crippen LogP contribution is -2.32. The van der Waals surface area contributed by atoms with E-state index in [9.17, 15) is 13.6 Å². The zero-order chi connectivity index (χ0) is 18.8. The number of halogens is 2. The molecule has 0 radical (unpaired) electrons. The number of ether oxygens (including phenoxy) is 2. The Bertz CT molecular complexity index is 861. The molecule has 1 fully saturated rings. The Hall–Kier alpha value is -2.28. The molecule has 1 atom stereocenters. The molecule has 0 spiro atoms. The summed E-state index contributed by atoms with van der Waals surface area (Å²) >= 11 is 1.09. The van der Waals surface area contributed by atoms with Gasteiger partial charge in [-0.3, -0.25) is 4.79 Å². The lowest BCUT2D eigenvalue weighted by molar-refractivity contribution is -0.129. The number of fused-ring (bicyclic) bond motifs is 1. The zero-order valence-electron chi connectivity index (χ0n) is 14.6. The molecule has 7 heteroatoms. The zero-order valence-corrected chi connectivity index (χ0v) is 15.4. The van der Waals surface area contributed by atoms with Crippen LogP contribution in [0.4, 0.5) is 8.78 Å². The fourth-order valence-corrected chi connectivity index (χ4v) is 4.30. The van der Waals surface area contributed by atoms with Crippen LogP contribution >= 0.6 is 11.8 Å². The number of likely N-dealkylation sites (tertiary alicyclic amines) is 1. The summed E-state index contributed by atoms with van der Waals surface area (Å²) in [6.45, 7) is 1.73. The van der Waals surface area contributed by atoms with Gasteiger partial charge in [0.15, 0.2) is 11.5 Å². The number of rotatable bonds is 4. The number of carbonyl (C=O) groups is 1. The van der Waals surface area contributed by atoms with Crippen molar-refractivity contribution in [2.24, 2.45) is 0 Å². The molecule has 0 aromatic heterocycles. The normalized spacial score (nSPS) is 18.6. The first-order valence-electron chi connectivity index (χ1n) is 8.89. The third-order valence-corrected chi connectivity index (χ3v) is 5.80. The van der Waals surface area contributed by atoms with Gasteiger partial charge in [-0.15, -0.1) is 11.8 Å². The molecule has 2 aliphatic rings. The molecule has 2 heterocycles. The predicted molar refractivity (Wildman–Crippen MR) is 98.2 cm³/mol. The molecule has 4 nitrogen and oxygen atoms in total. The van der Waals surface area contributed by atoms with Crippen LogP contribution in [0.25, 0.3) is 0 Å². The summed E-state index contributed by atoms with van der Waals surface area (Å²) < 4.78 is 38.0. The molecule has 0 bridgehead atoms. The molecule has 0 aliphatic carbocycles. The lowest BCUT2D eigenvalue weighted by atomic mass is 10.0. The number of carbonyl (C=O) groups excluding carboxylic acids is 1. The van der Waals surface area contributed by atoms with Gasteiger partial charge in [-0.25, -0.2) is 8.78 Å². The molecule has 1 saturated heterocycles. The summed E-state index contributed by atoms with van der Waals surface area (Å²) in [7, 11) is 0. The maximum atomic E-state index is 13.8. The van der Waals surface area contributed by atoms with Gasteiger partial charge in [0.25, 0.3) is 0 Å². The highest BCUT2D eigenvalue weighted by atomic mass is 32.2. The minimum Gasteiger partial charge on any atom is -0.486 e. The Morgan fingerprint density at radius 2 is 1.93 bits per heavy atom. The van der Waals surface area contributed by atoms with E-state index in [-0.39, 0.29) is 22.6 Å². The molecule has 2 aromatic carbocycles. The highest BCUT2D eigenvalue weighted by Crippen LogP contribution is 2.38. The topological polar surface area (TPSA) is 38.8 Å². The summed E-state index contributed by atoms with van der Waals surface area (Å²) in [5, 5.41) is 0. The molecule has 0 saturated carbocycles. The van der Waals surface area contributed by atoms with Crippen molar-refractivity contribution in [3.63, 3.8) is 0 Å². The average molecular weight is 391 g/mol. The summed E-state index contributed by atoms with van der Waals surface area (Å²) in [5.74, 6) is 0.230. The molecule has 1 unspecified atom stereocenters. The standard InChI is InChI=1S/C20H19F2NO3S/c21-14-4-6-19(15(22)11-14)27-12-20(24)23-7-1-2-16(23)13-3-5-17-18(10-13)26-9-8-25-17/h3-6,10-11,16H,1-2,7-9,12H2. The first-order chi connectivity index (χ1) is 13.1. The highest BCUT2D eigenvalue weighted by molar-refractivity contribution is 8.00. The maximum absolute atomic E-state index is 13.8. The Balaban J connectivity index is 1.45. The molecular weight excluding hydrogens is 372 g/mol. The Kier molecular flexibility index (Phi) is 5.20. The maximum Gasteiger partial charge on any atom is 0.233 e. The van der Waals surface area contributed by atoms with Gasteiger partial charge < -0.3 is 14.4 Å². The van der Waals surface area contributed by atoms with Gasteiger partial charge >= 0.3 is 0 Å². The third kappa shape index (κ3) is 3.88. The van der Waals surface area contributed by atoms with E-state index in [0.717, 1.165) is 42.0 Å². The van der Waals surface area contributed by atoms with Gasteiger partial charge in [0.1, 0.15) is 24.8 Å². The van der Waals surface area contributed by atoms with Crippen LogP contribution in [0.5, 0.6) is 11.5 Å². The summed E-state index contributed by atoms with van der Waals surface area (Å²) in [4.78, 5) is 14.8. The molecule has 142 valence electrons. The fraction of sp³-hybridized carbons (Fsp3) is 0.350. The van der Waals surface area contributed by atoms with Crippen molar-refractivity contribution in [1.29, 1.82) is 0 Å². The largest absolute Gasteiger partial charge is 0.486 e. The number of hydrogen-bond donors (Lipinski definition) is 0. The highest BCUT2D eigenvalue weighted by Gasteiger charge is 2.30. The lowest BCUT2D eigenvalue weighted by Gasteiger charge is -2.26. The van der Waals surface area contributed by atoms with E-state index >= 15 is 0 Å². The van der Waals surface area contributed by atoms with Crippen molar-refractivity contribution in [3.8, 4) is 11.5 Å². The molecule has 2 aromatic rings. The minimum absolute atomic E-state index is 0.0213. The first-order valence-corrected chi connectivity index (χ1v) is 9.87. The summed E-state index contributed by atoms with van der Waals surface area (Å²) in [6, 6.07) is 9.17. The fourth-order valence-electron chi connectivity index (χ4n) is 3.49. The average Bonchev–Trinajstić information content (AvgIpc) is 3.16. The van der Waals surface area contributed by atoms with Crippen LogP contribution in [-0.4, -0.2) is 36.3 Å². The van der Waals surface area contributed by atoms with E-state index in [2.05, 4.69) is 0 Å². The third-order valence-electron chi connectivity index (χ3n) is 4.77. The van der Waals surface area contributed by atoms with E-state index in [1.807, 2.05) is 23.1 Å². The van der Waals surface area contributed by atoms with Gasteiger partial charge in [0.2, 0.25) is 5.91 Å². The second-order valence-corrected chi connectivity index (χ2v) is 7.53. The van der Waals surface area contributed by atoms with Crippen molar-refractivity contribution in [3.05, 3.63) is 53.6 Å². The van der Waals surface area contributed by atoms with E-state index < -0.39 is 11.6 Å². The van der Waals surface area contributed by atoms with E-state index in [0.29, 0.717) is 25.5 Å². The van der Waals surface area contributed by atoms with Crippen molar-refractivity contribution in [2.45, 2.75) is 23.8 Å². The van der Waals surface area contributed by atoms with E-state index in [4.69, 9.17) is 9.47 Å². The smallest absolute Gasteiger partial charge is 0.233 e. The van der Waals surface area contributed by atoms with Crippen LogP contribution in [0.15, 0.2) is 41.3 Å². The van der Waals surface area contributed by atoms with Crippen molar-refractivity contribution >= 4 is 17.7 Å². The van der Waals surface area contributed by atoms with Crippen molar-refractivity contribution < 1.29 is 23.0 Å². The number of benzene rings is 2. The minimum atomic E-state index is -0.641. The Morgan fingerprint density at radius 3 is 2.74 bits per heavy atom. The number of nitrogens with zero attached hydrogens (tertiary/aromatic N) is 1. The number of thioether (sulfide) groups is 1. The molecule has 4 rings (SSSR count). The van der Waals surface area contributed by atoms with Gasteiger partial charge in [-0.05, 0) is 42.7 Å². The van der Waals surface area contributed by atoms with Crippen LogP contribution in [-0.2, 0) is 4.79 Å². The van der Waals surface area contributed by atoms with Crippen LogP contribution in [0.1, 0.15) is 24.4 Å². The summed E-state index contributed by atoms with van der Waals surface area (Å²) in [6.07, 6.45) is 1.79. The van der Waals surface area contributed by atoms with Gasteiger partial charge in [-0.2, -0.15) is 0 Å². The molecule has 1 amide bonds. The summed E-state index contributed by atoms with van der Waals surface area (Å²) in [5.41, 5.74) is 1.02. The van der Waals surface area contributed by atoms with Crippen LogP contribution < -0.4 is 9.47 Å².